The minimum Gasteiger partial charge on any atom is -0.497 e. The summed E-state index contributed by atoms with van der Waals surface area (Å²) in [5.74, 6) is 0.537. The zero-order chi connectivity index (χ0) is 17.6. The van der Waals surface area contributed by atoms with Crippen LogP contribution in [0.25, 0.3) is 5.57 Å². The van der Waals surface area contributed by atoms with Gasteiger partial charge in [-0.15, -0.1) is 0 Å². The van der Waals surface area contributed by atoms with E-state index in [9.17, 15) is 9.90 Å². The lowest BCUT2D eigenvalue weighted by Crippen LogP contribution is -2.38. The summed E-state index contributed by atoms with van der Waals surface area (Å²) in [5.41, 5.74) is 1.44. The molecular weight excluding hydrogens is 302 g/mol. The molecule has 0 spiro atoms. The van der Waals surface area contributed by atoms with E-state index in [1.165, 1.54) is 6.08 Å². The molecule has 0 saturated carbocycles. The Bertz CT molecular complexity index is 703. The number of rotatable bonds is 6. The second kappa shape index (κ2) is 7.79. The van der Waals surface area contributed by atoms with Gasteiger partial charge < -0.3 is 15.2 Å². The third-order valence-corrected chi connectivity index (χ3v) is 3.90. The second-order valence-corrected chi connectivity index (χ2v) is 5.91. The molecule has 4 nitrogen and oxygen atoms in total. The highest BCUT2D eigenvalue weighted by molar-refractivity contribution is 5.94. The zero-order valence-electron chi connectivity index (χ0n) is 14.2. The van der Waals surface area contributed by atoms with Gasteiger partial charge in [0.2, 0.25) is 5.91 Å². The SMILES string of the molecule is COc1ccc(/C(C)=C/C(=O)NCC(C)(O)c2ccccc2)cc1. The van der Waals surface area contributed by atoms with Crippen molar-refractivity contribution in [3.8, 4) is 5.75 Å². The van der Waals surface area contributed by atoms with E-state index in [0.29, 0.717) is 0 Å². The molecule has 1 amide bonds. The maximum Gasteiger partial charge on any atom is 0.244 e. The Balaban J connectivity index is 1.99. The summed E-state index contributed by atoms with van der Waals surface area (Å²) in [4.78, 5) is 12.1. The number of carbonyl (C=O) groups excluding carboxylic acids is 1. The quantitative estimate of drug-likeness (QED) is 0.802. The minimum absolute atomic E-state index is 0.141. The lowest BCUT2D eigenvalue weighted by atomic mass is 9.96. The molecule has 0 aromatic heterocycles. The molecule has 0 radical (unpaired) electrons. The Morgan fingerprint density at radius 3 is 2.38 bits per heavy atom. The average Bonchev–Trinajstić information content (AvgIpc) is 2.61. The van der Waals surface area contributed by atoms with E-state index in [4.69, 9.17) is 4.74 Å². The number of amides is 1. The molecule has 0 heterocycles. The number of benzene rings is 2. The molecule has 126 valence electrons. The molecule has 0 saturated heterocycles. The van der Waals surface area contributed by atoms with Gasteiger partial charge in [0.05, 0.1) is 13.7 Å². The third kappa shape index (κ3) is 4.70. The van der Waals surface area contributed by atoms with Crippen molar-refractivity contribution in [1.82, 2.24) is 5.32 Å². The molecule has 0 bridgehead atoms. The first-order valence-corrected chi connectivity index (χ1v) is 7.81. The number of hydrogen-bond donors (Lipinski definition) is 2. The van der Waals surface area contributed by atoms with Gasteiger partial charge in [-0.25, -0.2) is 0 Å². The highest BCUT2D eigenvalue weighted by Gasteiger charge is 2.23. The number of carbonyl (C=O) groups is 1. The summed E-state index contributed by atoms with van der Waals surface area (Å²) >= 11 is 0. The van der Waals surface area contributed by atoms with Gasteiger partial charge in [0.25, 0.3) is 0 Å². The highest BCUT2D eigenvalue weighted by atomic mass is 16.5. The van der Waals surface area contributed by atoms with Crippen LogP contribution in [-0.2, 0) is 10.4 Å². The van der Waals surface area contributed by atoms with Gasteiger partial charge >= 0.3 is 0 Å². The van der Waals surface area contributed by atoms with E-state index in [1.807, 2.05) is 61.5 Å². The van der Waals surface area contributed by atoms with Gasteiger partial charge in [0.15, 0.2) is 0 Å². The van der Waals surface area contributed by atoms with Gasteiger partial charge in [0, 0.05) is 6.08 Å². The second-order valence-electron chi connectivity index (χ2n) is 5.91. The van der Waals surface area contributed by atoms with Crippen molar-refractivity contribution >= 4 is 11.5 Å². The summed E-state index contributed by atoms with van der Waals surface area (Å²) in [7, 11) is 1.61. The fraction of sp³-hybridized carbons (Fsp3) is 0.250. The van der Waals surface area contributed by atoms with Crippen LogP contribution in [0, 0.1) is 0 Å². The van der Waals surface area contributed by atoms with Crippen LogP contribution in [0.5, 0.6) is 5.75 Å². The molecule has 0 fully saturated rings. The summed E-state index contributed by atoms with van der Waals surface area (Å²) < 4.78 is 5.12. The number of aliphatic hydroxyl groups is 1. The van der Waals surface area contributed by atoms with Gasteiger partial charge in [-0.05, 0) is 42.7 Å². The zero-order valence-corrected chi connectivity index (χ0v) is 14.2. The Morgan fingerprint density at radius 1 is 1.17 bits per heavy atom. The third-order valence-electron chi connectivity index (χ3n) is 3.90. The predicted molar refractivity (Wildman–Crippen MR) is 95.7 cm³/mol. The van der Waals surface area contributed by atoms with Gasteiger partial charge in [-0.1, -0.05) is 42.5 Å². The summed E-state index contributed by atoms with van der Waals surface area (Å²) in [5, 5.41) is 13.2. The molecule has 0 aliphatic heterocycles. The van der Waals surface area contributed by atoms with Crippen molar-refractivity contribution in [3.05, 3.63) is 71.8 Å². The van der Waals surface area contributed by atoms with Crippen LogP contribution in [0.4, 0.5) is 0 Å². The van der Waals surface area contributed by atoms with Crippen LogP contribution in [0.2, 0.25) is 0 Å². The van der Waals surface area contributed by atoms with Crippen LogP contribution in [0.15, 0.2) is 60.7 Å². The summed E-state index contributed by atoms with van der Waals surface area (Å²) in [6, 6.07) is 16.8. The standard InChI is InChI=1S/C20H23NO3/c1-15(16-9-11-18(24-3)12-10-16)13-19(22)21-14-20(2,23)17-7-5-4-6-8-17/h4-13,23H,14H2,1-3H3,(H,21,22)/b15-13+. The van der Waals surface area contributed by atoms with Crippen molar-refractivity contribution in [1.29, 1.82) is 0 Å². The number of nitrogens with one attached hydrogen (secondary N) is 1. The molecular formula is C20H23NO3. The highest BCUT2D eigenvalue weighted by Crippen LogP contribution is 2.20. The first kappa shape index (κ1) is 17.8. The monoisotopic (exact) mass is 325 g/mol. The van der Waals surface area contributed by atoms with Crippen molar-refractivity contribution in [2.75, 3.05) is 13.7 Å². The van der Waals surface area contributed by atoms with Crippen LogP contribution in [0.1, 0.15) is 25.0 Å². The Labute approximate surface area is 142 Å². The lowest BCUT2D eigenvalue weighted by Gasteiger charge is -2.24. The van der Waals surface area contributed by atoms with Crippen molar-refractivity contribution in [2.24, 2.45) is 0 Å². The van der Waals surface area contributed by atoms with Crippen LogP contribution < -0.4 is 10.1 Å². The minimum atomic E-state index is -1.11. The van der Waals surface area contributed by atoms with E-state index in [2.05, 4.69) is 5.32 Å². The molecule has 2 N–H and O–H groups in total. The lowest BCUT2D eigenvalue weighted by molar-refractivity contribution is -0.117. The molecule has 1 unspecified atom stereocenters. The number of allylic oxidation sites excluding steroid dienone is 1. The molecule has 2 aromatic rings. The van der Waals surface area contributed by atoms with Crippen molar-refractivity contribution < 1.29 is 14.6 Å². The topological polar surface area (TPSA) is 58.6 Å². The number of methoxy groups -OCH3 is 1. The Hall–Kier alpha value is -2.59. The van der Waals surface area contributed by atoms with Gasteiger partial charge in [-0.2, -0.15) is 0 Å². The Morgan fingerprint density at radius 2 is 1.79 bits per heavy atom. The smallest absolute Gasteiger partial charge is 0.244 e. The van der Waals surface area contributed by atoms with Crippen LogP contribution in [0.3, 0.4) is 0 Å². The molecule has 0 aliphatic carbocycles. The fourth-order valence-corrected chi connectivity index (χ4v) is 2.34. The normalized spacial score (nSPS) is 13.9. The molecule has 2 rings (SSSR count). The number of ether oxygens (including phenoxy) is 1. The van der Waals surface area contributed by atoms with Crippen molar-refractivity contribution in [3.63, 3.8) is 0 Å². The first-order valence-electron chi connectivity index (χ1n) is 7.81. The molecule has 0 aliphatic rings. The summed E-state index contributed by atoms with van der Waals surface area (Å²) in [6.07, 6.45) is 1.53. The van der Waals surface area contributed by atoms with Gasteiger partial charge in [-0.3, -0.25) is 4.79 Å². The first-order chi connectivity index (χ1) is 11.4. The average molecular weight is 325 g/mol. The molecule has 1 atom stereocenters. The van der Waals surface area contributed by atoms with Crippen molar-refractivity contribution in [2.45, 2.75) is 19.4 Å². The maximum atomic E-state index is 12.1. The molecule has 2 aromatic carbocycles. The van der Waals surface area contributed by atoms with Crippen LogP contribution in [-0.4, -0.2) is 24.7 Å². The van der Waals surface area contributed by atoms with E-state index >= 15 is 0 Å². The number of hydrogen-bond acceptors (Lipinski definition) is 3. The predicted octanol–water partition coefficient (Wildman–Crippen LogP) is 3.12. The van der Waals surface area contributed by atoms with Gasteiger partial charge in [0.1, 0.15) is 11.4 Å². The molecule has 4 heteroatoms. The van der Waals surface area contributed by atoms with E-state index in [-0.39, 0.29) is 12.5 Å². The largest absolute Gasteiger partial charge is 0.497 e. The fourth-order valence-electron chi connectivity index (χ4n) is 2.34. The summed E-state index contributed by atoms with van der Waals surface area (Å²) in [6.45, 7) is 3.70. The van der Waals surface area contributed by atoms with E-state index in [1.54, 1.807) is 14.0 Å². The Kier molecular flexibility index (Phi) is 5.77. The molecule has 24 heavy (non-hydrogen) atoms. The van der Waals surface area contributed by atoms with Crippen LogP contribution >= 0.6 is 0 Å². The van der Waals surface area contributed by atoms with E-state index < -0.39 is 5.60 Å². The maximum absolute atomic E-state index is 12.1. The van der Waals surface area contributed by atoms with E-state index in [0.717, 1.165) is 22.4 Å².